The van der Waals surface area contributed by atoms with Crippen molar-refractivity contribution >= 4 is 29.1 Å². The van der Waals surface area contributed by atoms with E-state index in [4.69, 9.17) is 27.9 Å². The van der Waals surface area contributed by atoms with Crippen molar-refractivity contribution in [1.29, 1.82) is 0 Å². The number of nitrogens with one attached hydrogen (secondary N) is 1. The van der Waals surface area contributed by atoms with Gasteiger partial charge in [0, 0.05) is 5.02 Å². The lowest BCUT2D eigenvalue weighted by Gasteiger charge is -2.21. The first-order chi connectivity index (χ1) is 11.7. The van der Waals surface area contributed by atoms with Crippen molar-refractivity contribution in [3.63, 3.8) is 0 Å². The molecule has 0 heterocycles. The molecule has 0 fully saturated rings. The second kappa shape index (κ2) is 8.11. The number of rotatable bonds is 5. The van der Waals surface area contributed by atoms with Crippen LogP contribution in [0.3, 0.4) is 0 Å². The van der Waals surface area contributed by atoms with Gasteiger partial charge in [0.2, 0.25) is 0 Å². The Bertz CT molecular complexity index is 788. The number of carbonyl (C=O) groups excluding carboxylic acids is 1. The Morgan fingerprint density at radius 3 is 2.32 bits per heavy atom. The minimum absolute atomic E-state index is 0.164. The van der Waals surface area contributed by atoms with Crippen LogP contribution < -0.4 is 10.1 Å². The lowest BCUT2D eigenvalue weighted by atomic mass is 9.93. The third-order valence-electron chi connectivity index (χ3n) is 4.23. The maximum absolute atomic E-state index is 12.6. The van der Waals surface area contributed by atoms with Crippen LogP contribution in [0.5, 0.6) is 5.75 Å². The number of ether oxygens (including phenoxy) is 1. The van der Waals surface area contributed by atoms with Crippen molar-refractivity contribution in [2.24, 2.45) is 0 Å². The van der Waals surface area contributed by atoms with E-state index >= 15 is 0 Å². The Morgan fingerprint density at radius 2 is 1.76 bits per heavy atom. The summed E-state index contributed by atoms with van der Waals surface area (Å²) in [6.45, 7) is 8.21. The highest BCUT2D eigenvalue weighted by Crippen LogP contribution is 2.32. The minimum Gasteiger partial charge on any atom is -0.496 e. The van der Waals surface area contributed by atoms with Crippen molar-refractivity contribution in [2.75, 3.05) is 7.11 Å². The van der Waals surface area contributed by atoms with E-state index in [0.29, 0.717) is 21.5 Å². The van der Waals surface area contributed by atoms with Gasteiger partial charge in [-0.2, -0.15) is 0 Å². The fraction of sp³-hybridized carbons (Fsp3) is 0.350. The molecule has 1 unspecified atom stereocenters. The summed E-state index contributed by atoms with van der Waals surface area (Å²) in [5.41, 5.74) is 3.65. The summed E-state index contributed by atoms with van der Waals surface area (Å²) in [6.07, 6.45) is 0. The van der Waals surface area contributed by atoms with Crippen molar-refractivity contribution < 1.29 is 9.53 Å². The van der Waals surface area contributed by atoms with Crippen molar-refractivity contribution in [3.8, 4) is 5.75 Å². The molecule has 0 aliphatic carbocycles. The third kappa shape index (κ3) is 4.47. The van der Waals surface area contributed by atoms with Gasteiger partial charge >= 0.3 is 0 Å². The van der Waals surface area contributed by atoms with Crippen LogP contribution in [0.2, 0.25) is 10.0 Å². The Kier molecular flexibility index (Phi) is 6.36. The summed E-state index contributed by atoms with van der Waals surface area (Å²) in [5.74, 6) is 0.967. The zero-order valence-electron chi connectivity index (χ0n) is 15.1. The maximum Gasteiger partial charge on any atom is 0.253 e. The summed E-state index contributed by atoms with van der Waals surface area (Å²) in [5, 5.41) is 3.85. The fourth-order valence-corrected chi connectivity index (χ4v) is 3.33. The van der Waals surface area contributed by atoms with Crippen molar-refractivity contribution in [1.82, 2.24) is 5.32 Å². The highest BCUT2D eigenvalue weighted by Gasteiger charge is 2.18. The van der Waals surface area contributed by atoms with Crippen molar-refractivity contribution in [2.45, 2.75) is 39.7 Å². The number of amides is 1. The molecule has 0 saturated heterocycles. The first-order valence-electron chi connectivity index (χ1n) is 8.19. The molecular formula is C20H23Cl2NO2. The molecule has 1 amide bonds. The molecule has 1 atom stereocenters. The van der Waals surface area contributed by atoms with Crippen LogP contribution in [0.4, 0.5) is 0 Å². The Balaban J connectivity index is 2.29. The normalized spacial score (nSPS) is 12.2. The molecular weight excluding hydrogens is 357 g/mol. The molecule has 2 aromatic rings. The summed E-state index contributed by atoms with van der Waals surface area (Å²) < 4.78 is 5.48. The predicted molar refractivity (Wildman–Crippen MR) is 104 cm³/mol. The number of hydrogen-bond donors (Lipinski definition) is 1. The zero-order chi connectivity index (χ0) is 18.7. The SMILES string of the molecule is COc1cc(C)c(C(C)NC(=O)c2ccc(Cl)cc2Cl)cc1C(C)C. The molecule has 0 aliphatic rings. The summed E-state index contributed by atoms with van der Waals surface area (Å²) in [7, 11) is 1.67. The number of benzene rings is 2. The van der Waals surface area contributed by atoms with Crippen LogP contribution in [-0.4, -0.2) is 13.0 Å². The summed E-state index contributed by atoms with van der Waals surface area (Å²) in [6, 6.07) is 8.81. The standard InChI is InChI=1S/C20H23Cl2NO2/c1-11(2)16-10-17(12(3)8-19(16)25-5)13(4)23-20(24)15-7-6-14(21)9-18(15)22/h6-11,13H,1-5H3,(H,23,24). The number of aryl methyl sites for hydroxylation is 1. The van der Waals surface area contributed by atoms with Gasteiger partial charge in [-0.1, -0.05) is 37.0 Å². The fourth-order valence-electron chi connectivity index (χ4n) is 2.84. The maximum atomic E-state index is 12.6. The van der Waals surface area contributed by atoms with E-state index in [1.807, 2.05) is 19.9 Å². The van der Waals surface area contributed by atoms with Gasteiger partial charge in [-0.15, -0.1) is 0 Å². The molecule has 0 aliphatic heterocycles. The van der Waals surface area contributed by atoms with Crippen molar-refractivity contribution in [3.05, 3.63) is 62.6 Å². The molecule has 0 saturated carbocycles. The molecule has 25 heavy (non-hydrogen) atoms. The molecule has 134 valence electrons. The predicted octanol–water partition coefficient (Wildman–Crippen LogP) is 5.92. The second-order valence-electron chi connectivity index (χ2n) is 6.42. The first kappa shape index (κ1) is 19.6. The van der Waals surface area contributed by atoms with Crippen LogP contribution in [-0.2, 0) is 0 Å². The average Bonchev–Trinajstić information content (AvgIpc) is 2.53. The van der Waals surface area contributed by atoms with E-state index in [2.05, 4.69) is 25.2 Å². The van der Waals surface area contributed by atoms with E-state index in [1.54, 1.807) is 25.3 Å². The topological polar surface area (TPSA) is 38.3 Å². The van der Waals surface area contributed by atoms with Gasteiger partial charge in [-0.25, -0.2) is 0 Å². The van der Waals surface area contributed by atoms with E-state index in [-0.39, 0.29) is 11.9 Å². The molecule has 0 spiro atoms. The molecule has 3 nitrogen and oxygen atoms in total. The Labute approximate surface area is 159 Å². The first-order valence-corrected chi connectivity index (χ1v) is 8.94. The molecule has 2 aromatic carbocycles. The molecule has 0 bridgehead atoms. The van der Waals surface area contributed by atoms with Crippen LogP contribution in [0.15, 0.2) is 30.3 Å². The lowest BCUT2D eigenvalue weighted by Crippen LogP contribution is -2.27. The lowest BCUT2D eigenvalue weighted by molar-refractivity contribution is 0.0940. The van der Waals surface area contributed by atoms with E-state index in [0.717, 1.165) is 22.4 Å². The van der Waals surface area contributed by atoms with Gasteiger partial charge < -0.3 is 10.1 Å². The highest BCUT2D eigenvalue weighted by atomic mass is 35.5. The van der Waals surface area contributed by atoms with Crippen LogP contribution in [0.25, 0.3) is 0 Å². The monoisotopic (exact) mass is 379 g/mol. The summed E-state index contributed by atoms with van der Waals surface area (Å²) >= 11 is 12.0. The van der Waals surface area contributed by atoms with E-state index < -0.39 is 0 Å². The number of carbonyl (C=O) groups is 1. The quantitative estimate of drug-likeness (QED) is 0.699. The van der Waals surface area contributed by atoms with E-state index in [9.17, 15) is 4.79 Å². The Hall–Kier alpha value is -1.71. The van der Waals surface area contributed by atoms with Gasteiger partial charge in [-0.05, 0) is 66.8 Å². The molecule has 0 aromatic heterocycles. The number of methoxy groups -OCH3 is 1. The number of halogens is 2. The molecule has 2 rings (SSSR count). The average molecular weight is 380 g/mol. The van der Waals surface area contributed by atoms with Gasteiger partial charge in [-0.3, -0.25) is 4.79 Å². The summed E-state index contributed by atoms with van der Waals surface area (Å²) in [4.78, 5) is 12.6. The van der Waals surface area contributed by atoms with E-state index in [1.165, 1.54) is 0 Å². The van der Waals surface area contributed by atoms with Gasteiger partial charge in [0.15, 0.2) is 0 Å². The molecule has 0 radical (unpaired) electrons. The molecule has 5 heteroatoms. The van der Waals surface area contributed by atoms with Crippen LogP contribution >= 0.6 is 23.2 Å². The van der Waals surface area contributed by atoms with Gasteiger partial charge in [0.05, 0.1) is 23.7 Å². The van der Waals surface area contributed by atoms with Crippen LogP contribution in [0, 0.1) is 6.92 Å². The van der Waals surface area contributed by atoms with Gasteiger partial charge in [0.1, 0.15) is 5.75 Å². The highest BCUT2D eigenvalue weighted by molar-refractivity contribution is 6.36. The molecule has 1 N–H and O–H groups in total. The second-order valence-corrected chi connectivity index (χ2v) is 7.27. The largest absolute Gasteiger partial charge is 0.496 e. The van der Waals surface area contributed by atoms with Gasteiger partial charge in [0.25, 0.3) is 5.91 Å². The minimum atomic E-state index is -0.226. The number of hydrogen-bond acceptors (Lipinski definition) is 2. The van der Waals surface area contributed by atoms with Crippen LogP contribution in [0.1, 0.15) is 59.8 Å². The Morgan fingerprint density at radius 1 is 1.08 bits per heavy atom. The smallest absolute Gasteiger partial charge is 0.253 e. The zero-order valence-corrected chi connectivity index (χ0v) is 16.6. The third-order valence-corrected chi connectivity index (χ3v) is 4.78.